The number of halogens is 1. The Bertz CT molecular complexity index is 1000. The highest BCUT2D eigenvalue weighted by atomic mass is 32.2. The highest BCUT2D eigenvalue weighted by Gasteiger charge is 2.33. The van der Waals surface area contributed by atoms with Gasteiger partial charge in [0.25, 0.3) is 0 Å². The first-order valence-corrected chi connectivity index (χ1v) is 11.0. The summed E-state index contributed by atoms with van der Waals surface area (Å²) in [6.07, 6.45) is 2.31. The van der Waals surface area contributed by atoms with Crippen LogP contribution in [0.2, 0.25) is 0 Å². The summed E-state index contributed by atoms with van der Waals surface area (Å²) in [5, 5.41) is 4.57. The average molecular weight is 413 g/mol. The van der Waals surface area contributed by atoms with Crippen LogP contribution >= 0.6 is 12.2 Å². The number of rotatable bonds is 5. The maximum absolute atomic E-state index is 13.9. The van der Waals surface area contributed by atoms with Crippen LogP contribution in [0.1, 0.15) is 24.7 Å². The Morgan fingerprint density at radius 1 is 1.26 bits per heavy atom. The molecule has 2 aliphatic rings. The van der Waals surface area contributed by atoms with E-state index in [9.17, 15) is 12.8 Å². The molecule has 0 atom stereocenters. The fraction of sp³-hybridized carbons (Fsp3) is 0.529. The number of piperazine rings is 1. The van der Waals surface area contributed by atoms with Crippen LogP contribution in [0.4, 0.5) is 4.39 Å². The quantitative estimate of drug-likeness (QED) is 0.736. The number of hydrogen-bond acceptors (Lipinski definition) is 4. The van der Waals surface area contributed by atoms with Gasteiger partial charge in [0.15, 0.2) is 6.67 Å². The van der Waals surface area contributed by atoms with Gasteiger partial charge in [0, 0.05) is 6.04 Å². The zero-order valence-corrected chi connectivity index (χ0v) is 16.8. The van der Waals surface area contributed by atoms with Crippen LogP contribution in [0.25, 0.3) is 0 Å². The molecule has 146 valence electrons. The number of aromatic nitrogens is 3. The Balaban J connectivity index is 1.43. The number of sulfonamides is 1. The minimum Gasteiger partial charge on any atom is -0.314 e. The van der Waals surface area contributed by atoms with E-state index in [-0.39, 0.29) is 4.90 Å². The van der Waals surface area contributed by atoms with Gasteiger partial charge in [0.1, 0.15) is 16.5 Å². The molecule has 27 heavy (non-hydrogen) atoms. The molecule has 10 heteroatoms. The lowest BCUT2D eigenvalue weighted by Crippen LogP contribution is -3.14. The Kier molecular flexibility index (Phi) is 4.91. The summed E-state index contributed by atoms with van der Waals surface area (Å²) in [7, 11) is -3.80. The zero-order valence-electron chi connectivity index (χ0n) is 15.1. The van der Waals surface area contributed by atoms with Gasteiger partial charge in [-0.1, -0.05) is 12.1 Å². The first-order valence-electron chi connectivity index (χ1n) is 9.12. The molecule has 2 fully saturated rings. The summed E-state index contributed by atoms with van der Waals surface area (Å²) in [5.41, 5.74) is 0. The van der Waals surface area contributed by atoms with Gasteiger partial charge in [-0.15, -0.1) is 0 Å². The number of nitrogens with zero attached hydrogens (tertiary/aromatic N) is 4. The van der Waals surface area contributed by atoms with E-state index in [0.29, 0.717) is 38.9 Å². The number of nitrogens with one attached hydrogen (secondary N) is 1. The van der Waals surface area contributed by atoms with Crippen molar-refractivity contribution >= 4 is 22.2 Å². The lowest BCUT2D eigenvalue weighted by atomic mass is 10.3. The molecule has 1 saturated heterocycles. The summed E-state index contributed by atoms with van der Waals surface area (Å²) < 4.78 is 45.4. The number of hydrogen-bond donors (Lipinski definition) is 1. The van der Waals surface area contributed by atoms with Crippen LogP contribution in [0.5, 0.6) is 0 Å². The van der Waals surface area contributed by atoms with Crippen molar-refractivity contribution in [3.8, 4) is 0 Å². The average Bonchev–Trinajstić information content (AvgIpc) is 3.42. The van der Waals surface area contributed by atoms with Crippen molar-refractivity contribution in [1.82, 2.24) is 18.7 Å². The molecule has 1 aromatic heterocycles. The zero-order chi connectivity index (χ0) is 19.2. The van der Waals surface area contributed by atoms with Crippen molar-refractivity contribution in [2.75, 3.05) is 26.2 Å². The van der Waals surface area contributed by atoms with Crippen molar-refractivity contribution < 1.29 is 17.7 Å². The van der Waals surface area contributed by atoms with E-state index in [1.807, 2.05) is 11.6 Å². The highest BCUT2D eigenvalue weighted by molar-refractivity contribution is 7.89. The molecule has 0 radical (unpaired) electrons. The predicted molar refractivity (Wildman–Crippen MR) is 99.9 cm³/mol. The van der Waals surface area contributed by atoms with Gasteiger partial charge >= 0.3 is 0 Å². The van der Waals surface area contributed by atoms with E-state index < -0.39 is 15.8 Å². The number of aryl methyl sites for hydroxylation is 1. The van der Waals surface area contributed by atoms with Crippen LogP contribution in [-0.4, -0.2) is 53.2 Å². The van der Waals surface area contributed by atoms with Gasteiger partial charge in [0.05, 0.1) is 26.2 Å². The maximum Gasteiger partial charge on any atom is 0.246 e. The molecular weight excluding hydrogens is 389 g/mol. The summed E-state index contributed by atoms with van der Waals surface area (Å²) in [5.74, 6) is 0.224. The van der Waals surface area contributed by atoms with Crippen molar-refractivity contribution in [2.24, 2.45) is 0 Å². The number of quaternary nitrogens is 1. The fourth-order valence-corrected chi connectivity index (χ4v) is 5.48. The molecule has 1 saturated carbocycles. The second-order valence-corrected chi connectivity index (χ2v) is 9.44. The first-order chi connectivity index (χ1) is 12.9. The maximum atomic E-state index is 13.9. The van der Waals surface area contributed by atoms with Gasteiger partial charge in [-0.3, -0.25) is 0 Å². The van der Waals surface area contributed by atoms with Crippen molar-refractivity contribution in [3.63, 3.8) is 0 Å². The standard InChI is InChI=1S/C17H22FN5O2S2/c1-13-19-22(17(26)23(13)14-6-7-14)12-20-8-10-21(11-9-20)27(24,25)16-5-3-2-4-15(16)18/h2-5,14H,6-12H2,1H3/p+1. The minimum absolute atomic E-state index is 0.255. The number of benzene rings is 1. The minimum atomic E-state index is -3.80. The normalized spacial score (nSPS) is 19.5. The van der Waals surface area contributed by atoms with E-state index in [1.165, 1.54) is 33.5 Å². The molecule has 0 unspecified atom stereocenters. The van der Waals surface area contributed by atoms with E-state index >= 15 is 0 Å². The molecule has 2 aromatic rings. The Morgan fingerprint density at radius 2 is 1.93 bits per heavy atom. The van der Waals surface area contributed by atoms with Gasteiger partial charge in [-0.05, 0) is 44.1 Å². The van der Waals surface area contributed by atoms with Crippen LogP contribution in [0.15, 0.2) is 29.2 Å². The molecule has 0 bridgehead atoms. The molecule has 1 aromatic carbocycles. The second-order valence-electron chi connectivity index (χ2n) is 7.17. The Hall–Kier alpha value is -1.62. The monoisotopic (exact) mass is 412 g/mol. The molecule has 2 heterocycles. The Morgan fingerprint density at radius 3 is 2.56 bits per heavy atom. The van der Waals surface area contributed by atoms with Crippen LogP contribution in [0, 0.1) is 17.5 Å². The van der Waals surface area contributed by atoms with Crippen molar-refractivity contribution in [3.05, 3.63) is 40.7 Å². The summed E-state index contributed by atoms with van der Waals surface area (Å²) >= 11 is 5.56. The molecular formula is C17H23FN5O2S2+. The van der Waals surface area contributed by atoms with Gasteiger partial charge in [0.2, 0.25) is 14.8 Å². The third-order valence-corrected chi connectivity index (χ3v) is 7.55. The Labute approximate surface area is 163 Å². The molecule has 1 aliphatic heterocycles. The molecule has 0 spiro atoms. The van der Waals surface area contributed by atoms with Gasteiger partial charge in [-0.25, -0.2) is 12.8 Å². The topological polar surface area (TPSA) is 64.6 Å². The van der Waals surface area contributed by atoms with E-state index in [1.54, 1.807) is 0 Å². The first kappa shape index (κ1) is 18.7. The molecule has 0 amide bonds. The van der Waals surface area contributed by atoms with Crippen LogP contribution in [-0.2, 0) is 16.7 Å². The lowest BCUT2D eigenvalue weighted by Gasteiger charge is -2.31. The van der Waals surface area contributed by atoms with Gasteiger partial charge < -0.3 is 9.47 Å². The summed E-state index contributed by atoms with van der Waals surface area (Å²) in [6, 6.07) is 6.01. The lowest BCUT2D eigenvalue weighted by molar-refractivity contribution is -0.926. The molecule has 1 aliphatic carbocycles. The smallest absolute Gasteiger partial charge is 0.246 e. The van der Waals surface area contributed by atoms with Crippen molar-refractivity contribution in [2.45, 2.75) is 37.4 Å². The molecule has 1 N–H and O–H groups in total. The van der Waals surface area contributed by atoms with Gasteiger partial charge in [-0.2, -0.15) is 14.1 Å². The second kappa shape index (κ2) is 7.08. The van der Waals surface area contributed by atoms with E-state index in [0.717, 1.165) is 23.4 Å². The SMILES string of the molecule is Cc1nn(C[NH+]2CCN(S(=O)(=O)c3ccccc3F)CC2)c(=S)n1C1CC1. The summed E-state index contributed by atoms with van der Waals surface area (Å²) in [6.45, 7) is 4.55. The highest BCUT2D eigenvalue weighted by Crippen LogP contribution is 2.35. The van der Waals surface area contributed by atoms with Crippen molar-refractivity contribution in [1.29, 1.82) is 0 Å². The summed E-state index contributed by atoms with van der Waals surface area (Å²) in [4.78, 5) is 0.959. The van der Waals surface area contributed by atoms with Crippen LogP contribution < -0.4 is 4.90 Å². The third-order valence-electron chi connectivity index (χ3n) is 5.21. The third kappa shape index (κ3) is 3.58. The van der Waals surface area contributed by atoms with E-state index in [2.05, 4.69) is 9.67 Å². The fourth-order valence-electron chi connectivity index (χ4n) is 3.59. The van der Waals surface area contributed by atoms with Crippen LogP contribution in [0.3, 0.4) is 0 Å². The van der Waals surface area contributed by atoms with E-state index in [4.69, 9.17) is 12.2 Å². The largest absolute Gasteiger partial charge is 0.314 e. The molecule has 7 nitrogen and oxygen atoms in total. The predicted octanol–water partition coefficient (Wildman–Crippen LogP) is 0.743. The molecule has 4 rings (SSSR count).